The lowest BCUT2D eigenvalue weighted by Gasteiger charge is -2.28. The van der Waals surface area contributed by atoms with Gasteiger partial charge in [0.2, 0.25) is 0 Å². The van der Waals surface area contributed by atoms with Gasteiger partial charge in [-0.1, -0.05) is 18.2 Å². The van der Waals surface area contributed by atoms with Gasteiger partial charge in [-0.15, -0.1) is 0 Å². The van der Waals surface area contributed by atoms with Crippen molar-refractivity contribution in [2.45, 2.75) is 32.2 Å². The van der Waals surface area contributed by atoms with Crippen LogP contribution in [0.2, 0.25) is 0 Å². The number of imidazole rings is 1. The third-order valence-electron chi connectivity index (χ3n) is 4.07. The Kier molecular flexibility index (Phi) is 2.82. The summed E-state index contributed by atoms with van der Waals surface area (Å²) in [5, 5.41) is 3.56. The maximum absolute atomic E-state index is 12.0. The van der Waals surface area contributed by atoms with Gasteiger partial charge in [0.05, 0.1) is 5.69 Å². The van der Waals surface area contributed by atoms with Gasteiger partial charge >= 0.3 is 5.69 Å². The van der Waals surface area contributed by atoms with E-state index in [-0.39, 0.29) is 11.2 Å². The van der Waals surface area contributed by atoms with Crippen molar-refractivity contribution in [3.8, 4) is 5.69 Å². The largest absolute Gasteiger partial charge is 0.330 e. The minimum absolute atomic E-state index is 0.0419. The zero-order valence-corrected chi connectivity index (χ0v) is 11.4. The number of rotatable bonds is 2. The molecule has 1 unspecified atom stereocenters. The van der Waals surface area contributed by atoms with Crippen molar-refractivity contribution in [1.29, 1.82) is 0 Å². The third kappa shape index (κ3) is 1.92. The summed E-state index contributed by atoms with van der Waals surface area (Å²) in [4.78, 5) is 14.8. The summed E-state index contributed by atoms with van der Waals surface area (Å²) in [6.07, 6.45) is 4.03. The third-order valence-corrected chi connectivity index (χ3v) is 4.07. The average Bonchev–Trinajstić information content (AvgIpc) is 2.98. The Morgan fingerprint density at radius 1 is 1.32 bits per heavy atom. The molecule has 4 nitrogen and oxygen atoms in total. The molecule has 0 bridgehead atoms. The monoisotopic (exact) mass is 257 g/mol. The molecule has 1 saturated heterocycles. The molecular formula is C15H19N3O. The van der Waals surface area contributed by atoms with Crippen molar-refractivity contribution < 1.29 is 0 Å². The van der Waals surface area contributed by atoms with E-state index >= 15 is 0 Å². The molecule has 1 aromatic heterocycles. The van der Waals surface area contributed by atoms with Gasteiger partial charge in [-0.05, 0) is 44.9 Å². The molecule has 19 heavy (non-hydrogen) atoms. The number of hydrogen-bond acceptors (Lipinski definition) is 2. The van der Waals surface area contributed by atoms with Crippen LogP contribution in [0.1, 0.15) is 31.0 Å². The molecule has 0 aliphatic carbocycles. The fourth-order valence-corrected chi connectivity index (χ4v) is 3.01. The van der Waals surface area contributed by atoms with Crippen molar-refractivity contribution in [2.24, 2.45) is 0 Å². The molecule has 2 heterocycles. The Bertz CT molecular complexity index is 647. The zero-order chi connectivity index (χ0) is 13.5. The maximum Gasteiger partial charge on any atom is 0.330 e. The lowest BCUT2D eigenvalue weighted by atomic mass is 9.89. The second-order valence-corrected chi connectivity index (χ2v) is 5.45. The molecule has 1 aliphatic heterocycles. The first-order chi connectivity index (χ1) is 9.12. The number of aromatic nitrogens is 2. The summed E-state index contributed by atoms with van der Waals surface area (Å²) in [6, 6.07) is 8.16. The number of hydrogen-bond donors (Lipinski definition) is 2. The zero-order valence-electron chi connectivity index (χ0n) is 11.4. The summed E-state index contributed by atoms with van der Waals surface area (Å²) >= 11 is 0. The van der Waals surface area contributed by atoms with Crippen molar-refractivity contribution in [1.82, 2.24) is 14.9 Å². The molecule has 1 atom stereocenters. The van der Waals surface area contributed by atoms with Gasteiger partial charge in [0.25, 0.3) is 0 Å². The van der Waals surface area contributed by atoms with Gasteiger partial charge in [-0.2, -0.15) is 0 Å². The minimum atomic E-state index is -0.0773. The van der Waals surface area contributed by atoms with Gasteiger partial charge < -0.3 is 10.3 Å². The van der Waals surface area contributed by atoms with Crippen molar-refractivity contribution >= 4 is 0 Å². The first-order valence-corrected chi connectivity index (χ1v) is 6.74. The van der Waals surface area contributed by atoms with Gasteiger partial charge in [0, 0.05) is 17.4 Å². The van der Waals surface area contributed by atoms with Crippen LogP contribution in [-0.4, -0.2) is 16.1 Å². The SMILES string of the molecule is Cc1c[nH]c(=O)n1-c1ccccc1C1(C)CCCN1. The van der Waals surface area contributed by atoms with E-state index in [1.54, 1.807) is 10.8 Å². The molecule has 2 N–H and O–H groups in total. The number of aromatic amines is 1. The fraction of sp³-hybridized carbons (Fsp3) is 0.400. The van der Waals surface area contributed by atoms with E-state index in [0.717, 1.165) is 24.3 Å². The first kappa shape index (κ1) is 12.2. The Labute approximate surface area is 112 Å². The quantitative estimate of drug-likeness (QED) is 0.865. The van der Waals surface area contributed by atoms with Gasteiger partial charge in [-0.3, -0.25) is 4.57 Å². The molecule has 0 spiro atoms. The lowest BCUT2D eigenvalue weighted by molar-refractivity contribution is 0.433. The summed E-state index contributed by atoms with van der Waals surface area (Å²) in [7, 11) is 0. The van der Waals surface area contributed by atoms with E-state index in [1.165, 1.54) is 12.0 Å². The van der Waals surface area contributed by atoms with Crippen molar-refractivity contribution in [3.63, 3.8) is 0 Å². The van der Waals surface area contributed by atoms with Crippen molar-refractivity contribution in [3.05, 3.63) is 52.2 Å². The summed E-state index contributed by atoms with van der Waals surface area (Å²) in [5.74, 6) is 0. The number of aryl methyl sites for hydroxylation is 1. The van der Waals surface area contributed by atoms with Crippen LogP contribution in [0.3, 0.4) is 0 Å². The molecule has 100 valence electrons. The van der Waals surface area contributed by atoms with Crippen LogP contribution in [0.15, 0.2) is 35.3 Å². The molecule has 1 fully saturated rings. The molecule has 0 radical (unpaired) electrons. The molecule has 4 heteroatoms. The Balaban J connectivity index is 2.21. The van der Waals surface area contributed by atoms with E-state index in [1.807, 2.05) is 25.1 Å². The number of nitrogens with zero attached hydrogens (tertiary/aromatic N) is 1. The van der Waals surface area contributed by atoms with E-state index in [4.69, 9.17) is 0 Å². The highest BCUT2D eigenvalue weighted by molar-refractivity contribution is 5.46. The molecule has 2 aromatic rings. The van der Waals surface area contributed by atoms with Crippen molar-refractivity contribution in [2.75, 3.05) is 6.54 Å². The van der Waals surface area contributed by atoms with E-state index in [9.17, 15) is 4.79 Å². The van der Waals surface area contributed by atoms with E-state index in [2.05, 4.69) is 23.3 Å². The highest BCUT2D eigenvalue weighted by atomic mass is 16.1. The smallest absolute Gasteiger partial charge is 0.312 e. The fourth-order valence-electron chi connectivity index (χ4n) is 3.01. The van der Waals surface area contributed by atoms with Crippen LogP contribution < -0.4 is 11.0 Å². The lowest BCUT2D eigenvalue weighted by Crippen LogP contribution is -2.35. The van der Waals surface area contributed by atoms with Crippen LogP contribution >= 0.6 is 0 Å². The van der Waals surface area contributed by atoms with E-state index < -0.39 is 0 Å². The van der Waals surface area contributed by atoms with Crippen LogP contribution in [0, 0.1) is 6.92 Å². The Morgan fingerprint density at radius 2 is 2.11 bits per heavy atom. The van der Waals surface area contributed by atoms with Crippen LogP contribution in [0.4, 0.5) is 0 Å². The normalized spacial score (nSPS) is 22.8. The van der Waals surface area contributed by atoms with Crippen LogP contribution in [-0.2, 0) is 5.54 Å². The second-order valence-electron chi connectivity index (χ2n) is 5.45. The highest BCUT2D eigenvalue weighted by Gasteiger charge is 2.32. The van der Waals surface area contributed by atoms with Gasteiger partial charge in [-0.25, -0.2) is 4.79 Å². The molecular weight excluding hydrogens is 238 g/mol. The molecule has 0 amide bonds. The summed E-state index contributed by atoms with van der Waals surface area (Å²) < 4.78 is 1.75. The average molecular weight is 257 g/mol. The maximum atomic E-state index is 12.0. The number of H-pyrrole nitrogens is 1. The molecule has 3 rings (SSSR count). The van der Waals surface area contributed by atoms with E-state index in [0.29, 0.717) is 0 Å². The predicted molar refractivity (Wildman–Crippen MR) is 75.7 cm³/mol. The second kappa shape index (κ2) is 4.38. The molecule has 1 aliphatic rings. The molecule has 0 saturated carbocycles. The summed E-state index contributed by atoms with van der Waals surface area (Å²) in [5.41, 5.74) is 2.98. The minimum Gasteiger partial charge on any atom is -0.312 e. The number of nitrogens with one attached hydrogen (secondary N) is 2. The van der Waals surface area contributed by atoms with Crippen LogP contribution in [0.5, 0.6) is 0 Å². The highest BCUT2D eigenvalue weighted by Crippen LogP contribution is 2.33. The first-order valence-electron chi connectivity index (χ1n) is 6.74. The van der Waals surface area contributed by atoms with Gasteiger partial charge in [0.1, 0.15) is 0 Å². The summed E-state index contributed by atoms with van der Waals surface area (Å²) in [6.45, 7) is 5.19. The number of para-hydroxylation sites is 1. The van der Waals surface area contributed by atoms with Crippen LogP contribution in [0.25, 0.3) is 5.69 Å². The topological polar surface area (TPSA) is 49.8 Å². The standard InChI is InChI=1S/C15H19N3O/c1-11-10-16-14(19)18(11)13-7-4-3-6-12(13)15(2)8-5-9-17-15/h3-4,6-7,10,17H,5,8-9H2,1-2H3,(H,16,19). The number of benzene rings is 1. The Morgan fingerprint density at radius 3 is 2.74 bits per heavy atom. The predicted octanol–water partition coefficient (Wildman–Crippen LogP) is 2.07. The Hall–Kier alpha value is -1.81. The van der Waals surface area contributed by atoms with Gasteiger partial charge in [0.15, 0.2) is 0 Å². The molecule has 1 aromatic carbocycles.